The number of carbonyl (C=O) groups is 1. The van der Waals surface area contributed by atoms with Crippen molar-refractivity contribution >= 4 is 11.7 Å². The molecule has 5 nitrogen and oxygen atoms in total. The second-order valence-corrected chi connectivity index (χ2v) is 6.05. The van der Waals surface area contributed by atoms with E-state index in [4.69, 9.17) is 4.42 Å². The van der Waals surface area contributed by atoms with Crippen molar-refractivity contribution in [2.24, 2.45) is 0 Å². The smallest absolute Gasteiger partial charge is 0.433 e. The first-order chi connectivity index (χ1) is 11.8. The molecule has 0 unspecified atom stereocenters. The molecular formula is C17H18F3N3O2. The summed E-state index contributed by atoms with van der Waals surface area (Å²) in [5.74, 6) is 0.335. The Bertz CT molecular complexity index is 750. The summed E-state index contributed by atoms with van der Waals surface area (Å²) in [5, 5.41) is 2.91. The normalized spacial score (nSPS) is 16.1. The summed E-state index contributed by atoms with van der Waals surface area (Å²) in [6.07, 6.45) is -1.73. The van der Waals surface area contributed by atoms with Gasteiger partial charge in [0.05, 0.1) is 6.26 Å². The first kappa shape index (κ1) is 17.3. The number of halogens is 3. The van der Waals surface area contributed by atoms with E-state index >= 15 is 0 Å². The van der Waals surface area contributed by atoms with Gasteiger partial charge in [0.25, 0.3) is 5.91 Å². The number of rotatable bonds is 3. The average molecular weight is 353 g/mol. The van der Waals surface area contributed by atoms with E-state index in [2.05, 4.69) is 10.3 Å². The van der Waals surface area contributed by atoms with Gasteiger partial charge >= 0.3 is 6.18 Å². The zero-order valence-electron chi connectivity index (χ0n) is 13.6. The maximum absolute atomic E-state index is 12.8. The molecule has 0 bridgehead atoms. The van der Waals surface area contributed by atoms with E-state index in [9.17, 15) is 18.0 Å². The number of hydrogen-bond acceptors (Lipinski definition) is 4. The molecule has 1 fully saturated rings. The van der Waals surface area contributed by atoms with Gasteiger partial charge in [0, 0.05) is 24.7 Å². The van der Waals surface area contributed by atoms with Crippen molar-refractivity contribution in [2.75, 3.05) is 18.0 Å². The molecule has 1 saturated heterocycles. The molecule has 134 valence electrons. The Morgan fingerprint density at radius 3 is 2.60 bits per heavy atom. The van der Waals surface area contributed by atoms with Gasteiger partial charge in [-0.2, -0.15) is 13.2 Å². The van der Waals surface area contributed by atoms with Crippen LogP contribution in [-0.2, 0) is 6.18 Å². The molecule has 8 heteroatoms. The van der Waals surface area contributed by atoms with Crippen LogP contribution in [0, 0.1) is 6.92 Å². The fourth-order valence-corrected chi connectivity index (χ4v) is 2.87. The summed E-state index contributed by atoms with van der Waals surface area (Å²) in [4.78, 5) is 17.7. The van der Waals surface area contributed by atoms with Crippen LogP contribution in [-0.4, -0.2) is 30.0 Å². The van der Waals surface area contributed by atoms with Gasteiger partial charge in [-0.05, 0) is 38.0 Å². The van der Waals surface area contributed by atoms with E-state index < -0.39 is 11.9 Å². The Labute approximate surface area is 142 Å². The minimum absolute atomic E-state index is 0.0425. The van der Waals surface area contributed by atoms with Gasteiger partial charge in [0.1, 0.15) is 11.5 Å². The standard InChI is InChI=1S/C17H18F3N3O2/c1-11-7-10-25-15(11)16(24)21-12-5-8-23(9-6-12)14-4-2-3-13(22-14)17(18,19)20/h2-4,7,10,12H,5-6,8-9H2,1H3,(H,21,24). The second-order valence-electron chi connectivity index (χ2n) is 6.05. The van der Waals surface area contributed by atoms with Crippen molar-refractivity contribution in [2.45, 2.75) is 32.0 Å². The van der Waals surface area contributed by atoms with Crippen LogP contribution in [0.5, 0.6) is 0 Å². The molecule has 2 aromatic rings. The van der Waals surface area contributed by atoms with E-state index in [1.807, 2.05) is 0 Å². The molecule has 25 heavy (non-hydrogen) atoms. The summed E-state index contributed by atoms with van der Waals surface area (Å²) < 4.78 is 43.5. The third kappa shape index (κ3) is 3.94. The summed E-state index contributed by atoms with van der Waals surface area (Å²) in [5.41, 5.74) is -0.128. The van der Waals surface area contributed by atoms with Crippen LogP contribution < -0.4 is 10.2 Å². The Hall–Kier alpha value is -2.51. The van der Waals surface area contributed by atoms with Crippen molar-refractivity contribution in [3.63, 3.8) is 0 Å². The van der Waals surface area contributed by atoms with E-state index in [1.165, 1.54) is 12.3 Å². The topological polar surface area (TPSA) is 58.4 Å². The Kier molecular flexibility index (Phi) is 4.69. The Balaban J connectivity index is 1.59. The lowest BCUT2D eigenvalue weighted by atomic mass is 10.0. The average Bonchev–Trinajstić information content (AvgIpc) is 3.01. The van der Waals surface area contributed by atoms with Gasteiger partial charge in [-0.15, -0.1) is 0 Å². The number of hydrogen-bond donors (Lipinski definition) is 1. The fourth-order valence-electron chi connectivity index (χ4n) is 2.87. The molecule has 1 amide bonds. The predicted octanol–water partition coefficient (Wildman–Crippen LogP) is 3.40. The SMILES string of the molecule is Cc1ccoc1C(=O)NC1CCN(c2cccc(C(F)(F)F)n2)CC1. The number of nitrogens with zero attached hydrogens (tertiary/aromatic N) is 2. The highest BCUT2D eigenvalue weighted by Gasteiger charge is 2.33. The van der Waals surface area contributed by atoms with Crippen molar-refractivity contribution in [3.05, 3.63) is 47.5 Å². The van der Waals surface area contributed by atoms with Gasteiger partial charge in [-0.1, -0.05) is 6.07 Å². The van der Waals surface area contributed by atoms with E-state index in [1.54, 1.807) is 24.0 Å². The second kappa shape index (κ2) is 6.78. The first-order valence-electron chi connectivity index (χ1n) is 7.99. The van der Waals surface area contributed by atoms with Gasteiger partial charge in [-0.25, -0.2) is 4.98 Å². The lowest BCUT2D eigenvalue weighted by Crippen LogP contribution is -2.45. The zero-order chi connectivity index (χ0) is 18.0. The summed E-state index contributed by atoms with van der Waals surface area (Å²) in [6.45, 7) is 2.84. The van der Waals surface area contributed by atoms with E-state index in [-0.39, 0.29) is 11.9 Å². The number of aryl methyl sites for hydroxylation is 1. The molecule has 0 radical (unpaired) electrons. The van der Waals surface area contributed by atoms with Crippen LogP contribution in [0.15, 0.2) is 34.9 Å². The van der Waals surface area contributed by atoms with Gasteiger partial charge in [-0.3, -0.25) is 4.79 Å². The quantitative estimate of drug-likeness (QED) is 0.919. The summed E-state index contributed by atoms with van der Waals surface area (Å²) in [6, 6.07) is 5.57. The molecule has 3 rings (SSSR count). The molecule has 3 heterocycles. The van der Waals surface area contributed by atoms with Crippen LogP contribution in [0.2, 0.25) is 0 Å². The molecule has 1 aliphatic heterocycles. The maximum atomic E-state index is 12.8. The largest absolute Gasteiger partial charge is 0.459 e. The minimum atomic E-state index is -4.46. The molecule has 1 N–H and O–H groups in total. The highest BCUT2D eigenvalue weighted by molar-refractivity contribution is 5.93. The predicted molar refractivity (Wildman–Crippen MR) is 85.4 cm³/mol. The Morgan fingerprint density at radius 2 is 2.00 bits per heavy atom. The fraction of sp³-hybridized carbons (Fsp3) is 0.412. The van der Waals surface area contributed by atoms with Crippen LogP contribution >= 0.6 is 0 Å². The van der Waals surface area contributed by atoms with Crippen molar-refractivity contribution in [1.82, 2.24) is 10.3 Å². The van der Waals surface area contributed by atoms with Crippen molar-refractivity contribution in [1.29, 1.82) is 0 Å². The van der Waals surface area contributed by atoms with Crippen LogP contribution in [0.4, 0.5) is 19.0 Å². The number of pyridine rings is 1. The first-order valence-corrected chi connectivity index (χ1v) is 7.99. The van der Waals surface area contributed by atoms with E-state index in [0.29, 0.717) is 37.5 Å². The number of anilines is 1. The molecule has 0 aliphatic carbocycles. The number of carbonyl (C=O) groups excluding carboxylic acids is 1. The van der Waals surface area contributed by atoms with Gasteiger partial charge in [0.2, 0.25) is 0 Å². The molecule has 0 saturated carbocycles. The zero-order valence-corrected chi connectivity index (χ0v) is 13.6. The number of aromatic nitrogens is 1. The van der Waals surface area contributed by atoms with Gasteiger partial charge in [0.15, 0.2) is 5.76 Å². The number of furan rings is 1. The molecule has 0 aromatic carbocycles. The summed E-state index contributed by atoms with van der Waals surface area (Å²) >= 11 is 0. The van der Waals surface area contributed by atoms with Crippen LogP contribution in [0.3, 0.4) is 0 Å². The minimum Gasteiger partial charge on any atom is -0.459 e. The van der Waals surface area contributed by atoms with Crippen LogP contribution in [0.1, 0.15) is 34.7 Å². The van der Waals surface area contributed by atoms with Crippen LogP contribution in [0.25, 0.3) is 0 Å². The lowest BCUT2D eigenvalue weighted by molar-refractivity contribution is -0.141. The monoisotopic (exact) mass is 353 g/mol. The number of nitrogens with one attached hydrogen (secondary N) is 1. The molecular weight excluding hydrogens is 335 g/mol. The van der Waals surface area contributed by atoms with Crippen molar-refractivity contribution in [3.8, 4) is 0 Å². The van der Waals surface area contributed by atoms with Gasteiger partial charge < -0.3 is 14.6 Å². The molecule has 0 spiro atoms. The third-order valence-corrected chi connectivity index (χ3v) is 4.25. The highest BCUT2D eigenvalue weighted by Crippen LogP contribution is 2.29. The number of piperidine rings is 1. The lowest BCUT2D eigenvalue weighted by Gasteiger charge is -2.33. The highest BCUT2D eigenvalue weighted by atomic mass is 19.4. The molecule has 0 atom stereocenters. The third-order valence-electron chi connectivity index (χ3n) is 4.25. The summed E-state index contributed by atoms with van der Waals surface area (Å²) in [7, 11) is 0. The molecule has 2 aromatic heterocycles. The Morgan fingerprint density at radius 1 is 1.28 bits per heavy atom. The van der Waals surface area contributed by atoms with E-state index in [0.717, 1.165) is 11.6 Å². The maximum Gasteiger partial charge on any atom is 0.433 e. The number of alkyl halides is 3. The number of amides is 1. The van der Waals surface area contributed by atoms with Crippen molar-refractivity contribution < 1.29 is 22.4 Å². The molecule has 1 aliphatic rings.